The van der Waals surface area contributed by atoms with Crippen molar-refractivity contribution in [1.82, 2.24) is 5.32 Å². The molecular formula is C16H20ClNO4. The van der Waals surface area contributed by atoms with Crippen molar-refractivity contribution < 1.29 is 19.4 Å². The van der Waals surface area contributed by atoms with Crippen LogP contribution in [0.5, 0.6) is 11.5 Å². The van der Waals surface area contributed by atoms with Crippen molar-refractivity contribution in [2.24, 2.45) is 11.8 Å². The SMILES string of the molecule is COc1ccc(Cl)c(C2CC(C(=O)O)CN2)c1OCC1CC1. The van der Waals surface area contributed by atoms with Crippen molar-refractivity contribution in [2.45, 2.75) is 25.3 Å². The van der Waals surface area contributed by atoms with Crippen LogP contribution in [0.25, 0.3) is 0 Å². The number of hydrogen-bond acceptors (Lipinski definition) is 4. The third kappa shape index (κ3) is 3.15. The van der Waals surface area contributed by atoms with E-state index in [4.69, 9.17) is 21.1 Å². The lowest BCUT2D eigenvalue weighted by Crippen LogP contribution is -2.18. The molecule has 0 bridgehead atoms. The number of halogens is 1. The molecule has 0 aromatic heterocycles. The second-order valence-corrected chi connectivity index (χ2v) is 6.39. The molecule has 2 fully saturated rings. The molecule has 0 radical (unpaired) electrons. The highest BCUT2D eigenvalue weighted by Gasteiger charge is 2.34. The van der Waals surface area contributed by atoms with Gasteiger partial charge in [0.1, 0.15) is 0 Å². The molecule has 1 aliphatic carbocycles. The lowest BCUT2D eigenvalue weighted by atomic mass is 9.99. The summed E-state index contributed by atoms with van der Waals surface area (Å²) in [6.07, 6.45) is 2.89. The molecule has 3 rings (SSSR count). The van der Waals surface area contributed by atoms with Gasteiger partial charge in [0, 0.05) is 23.2 Å². The summed E-state index contributed by atoms with van der Waals surface area (Å²) in [5.74, 6) is 0.712. The molecule has 1 aromatic rings. The van der Waals surface area contributed by atoms with Gasteiger partial charge in [0.25, 0.3) is 0 Å². The lowest BCUT2D eigenvalue weighted by molar-refractivity contribution is -0.141. The van der Waals surface area contributed by atoms with Gasteiger partial charge in [-0.05, 0) is 37.3 Å². The van der Waals surface area contributed by atoms with Crippen LogP contribution in [0.15, 0.2) is 12.1 Å². The van der Waals surface area contributed by atoms with Gasteiger partial charge in [-0.2, -0.15) is 0 Å². The van der Waals surface area contributed by atoms with E-state index in [0.717, 1.165) is 5.56 Å². The third-order valence-electron chi connectivity index (χ3n) is 4.32. The first-order valence-corrected chi connectivity index (χ1v) is 7.93. The Morgan fingerprint density at radius 2 is 2.23 bits per heavy atom. The summed E-state index contributed by atoms with van der Waals surface area (Å²) in [5, 5.41) is 13.0. The van der Waals surface area contributed by atoms with Crippen LogP contribution in [0.3, 0.4) is 0 Å². The van der Waals surface area contributed by atoms with Crippen molar-refractivity contribution in [3.63, 3.8) is 0 Å². The Bertz CT molecular complexity index is 574. The summed E-state index contributed by atoms with van der Waals surface area (Å²) < 4.78 is 11.4. The second kappa shape index (κ2) is 6.34. The van der Waals surface area contributed by atoms with E-state index in [-0.39, 0.29) is 6.04 Å². The molecule has 1 aliphatic heterocycles. The molecule has 1 heterocycles. The Morgan fingerprint density at radius 3 is 2.82 bits per heavy atom. The maximum Gasteiger partial charge on any atom is 0.307 e. The highest BCUT2D eigenvalue weighted by atomic mass is 35.5. The number of ether oxygens (including phenoxy) is 2. The zero-order valence-electron chi connectivity index (χ0n) is 12.5. The van der Waals surface area contributed by atoms with Crippen LogP contribution < -0.4 is 14.8 Å². The van der Waals surface area contributed by atoms with Crippen LogP contribution >= 0.6 is 11.6 Å². The minimum Gasteiger partial charge on any atom is -0.493 e. The number of aliphatic carboxylic acids is 1. The fraction of sp³-hybridized carbons (Fsp3) is 0.562. The number of carboxylic acid groups (broad SMARTS) is 1. The molecule has 0 amide bonds. The monoisotopic (exact) mass is 325 g/mol. The first-order valence-electron chi connectivity index (χ1n) is 7.55. The Kier molecular flexibility index (Phi) is 4.45. The molecule has 0 spiro atoms. The predicted octanol–water partition coefficient (Wildman–Crippen LogP) is 2.87. The summed E-state index contributed by atoms with van der Waals surface area (Å²) in [4.78, 5) is 11.2. The number of benzene rings is 1. The van der Waals surface area contributed by atoms with Crippen molar-refractivity contribution in [3.8, 4) is 11.5 Å². The number of methoxy groups -OCH3 is 1. The molecule has 2 unspecified atom stereocenters. The minimum absolute atomic E-state index is 0.127. The Balaban J connectivity index is 1.88. The van der Waals surface area contributed by atoms with E-state index in [9.17, 15) is 9.90 Å². The topological polar surface area (TPSA) is 67.8 Å². The summed E-state index contributed by atoms with van der Waals surface area (Å²) in [7, 11) is 1.60. The Morgan fingerprint density at radius 1 is 1.45 bits per heavy atom. The average molecular weight is 326 g/mol. The first kappa shape index (κ1) is 15.4. The molecule has 1 aromatic carbocycles. The Hall–Kier alpha value is -1.46. The van der Waals surface area contributed by atoms with Gasteiger partial charge in [0.2, 0.25) is 0 Å². The van der Waals surface area contributed by atoms with Crippen molar-refractivity contribution >= 4 is 17.6 Å². The van der Waals surface area contributed by atoms with E-state index < -0.39 is 11.9 Å². The van der Waals surface area contributed by atoms with Gasteiger partial charge in [-0.1, -0.05) is 11.6 Å². The molecule has 2 aliphatic rings. The standard InChI is InChI=1S/C16H20ClNO4/c1-21-13-5-4-11(17)14(15(13)22-8-9-2-3-9)12-6-10(7-18-12)16(19)20/h4-5,9-10,12,18H,2-3,6-8H2,1H3,(H,19,20). The highest BCUT2D eigenvalue weighted by molar-refractivity contribution is 6.31. The van der Waals surface area contributed by atoms with Gasteiger partial charge in [0.15, 0.2) is 11.5 Å². The quantitative estimate of drug-likeness (QED) is 0.841. The number of nitrogens with one attached hydrogen (secondary N) is 1. The zero-order valence-corrected chi connectivity index (χ0v) is 13.2. The van der Waals surface area contributed by atoms with Crippen molar-refractivity contribution in [2.75, 3.05) is 20.3 Å². The molecule has 6 heteroatoms. The second-order valence-electron chi connectivity index (χ2n) is 5.98. The summed E-state index contributed by atoms with van der Waals surface area (Å²) in [6, 6.07) is 3.44. The van der Waals surface area contributed by atoms with Gasteiger partial charge in [-0.25, -0.2) is 0 Å². The van der Waals surface area contributed by atoms with Crippen LogP contribution in [0.1, 0.15) is 30.9 Å². The molecule has 2 N–H and O–H groups in total. The predicted molar refractivity (Wildman–Crippen MR) is 82.7 cm³/mol. The van der Waals surface area contributed by atoms with Gasteiger partial charge in [-0.3, -0.25) is 4.79 Å². The largest absolute Gasteiger partial charge is 0.493 e. The van der Waals surface area contributed by atoms with E-state index in [1.165, 1.54) is 12.8 Å². The van der Waals surface area contributed by atoms with E-state index in [0.29, 0.717) is 42.0 Å². The first-order chi connectivity index (χ1) is 10.6. The zero-order chi connectivity index (χ0) is 15.7. The minimum atomic E-state index is -0.783. The van der Waals surface area contributed by atoms with Crippen LogP contribution in [0.4, 0.5) is 0 Å². The molecule has 120 valence electrons. The molecule has 1 saturated carbocycles. The lowest BCUT2D eigenvalue weighted by Gasteiger charge is -2.20. The fourth-order valence-electron chi connectivity index (χ4n) is 2.82. The average Bonchev–Trinajstić information content (AvgIpc) is 3.20. The molecule has 2 atom stereocenters. The van der Waals surface area contributed by atoms with E-state index in [1.54, 1.807) is 19.2 Å². The molecule has 22 heavy (non-hydrogen) atoms. The number of hydrogen-bond donors (Lipinski definition) is 2. The van der Waals surface area contributed by atoms with Crippen molar-refractivity contribution in [1.29, 1.82) is 0 Å². The third-order valence-corrected chi connectivity index (χ3v) is 4.65. The smallest absolute Gasteiger partial charge is 0.307 e. The van der Waals surface area contributed by atoms with E-state index in [1.807, 2.05) is 0 Å². The summed E-state index contributed by atoms with van der Waals surface area (Å²) in [5.41, 5.74) is 0.811. The van der Waals surface area contributed by atoms with E-state index >= 15 is 0 Å². The van der Waals surface area contributed by atoms with E-state index in [2.05, 4.69) is 5.32 Å². The van der Waals surface area contributed by atoms with Crippen LogP contribution in [0, 0.1) is 11.8 Å². The van der Waals surface area contributed by atoms with Crippen LogP contribution in [0.2, 0.25) is 5.02 Å². The van der Waals surface area contributed by atoms with Crippen LogP contribution in [-0.2, 0) is 4.79 Å². The molecule has 1 saturated heterocycles. The summed E-state index contributed by atoms with van der Waals surface area (Å²) in [6.45, 7) is 1.09. The fourth-order valence-corrected chi connectivity index (χ4v) is 3.10. The number of carbonyl (C=O) groups is 1. The number of rotatable bonds is 6. The maximum absolute atomic E-state index is 11.2. The molecular weight excluding hydrogens is 306 g/mol. The van der Waals surface area contributed by atoms with Gasteiger partial charge < -0.3 is 19.9 Å². The van der Waals surface area contributed by atoms with Gasteiger partial charge in [-0.15, -0.1) is 0 Å². The van der Waals surface area contributed by atoms with Crippen molar-refractivity contribution in [3.05, 3.63) is 22.7 Å². The van der Waals surface area contributed by atoms with Gasteiger partial charge >= 0.3 is 5.97 Å². The van der Waals surface area contributed by atoms with Gasteiger partial charge in [0.05, 0.1) is 19.6 Å². The normalized spacial score (nSPS) is 24.3. The van der Waals surface area contributed by atoms with Crippen LogP contribution in [-0.4, -0.2) is 31.3 Å². The Labute approximate surface area is 134 Å². The maximum atomic E-state index is 11.2. The highest BCUT2D eigenvalue weighted by Crippen LogP contribution is 2.44. The molecule has 5 nitrogen and oxygen atoms in total. The summed E-state index contributed by atoms with van der Waals surface area (Å²) >= 11 is 6.37. The number of carboxylic acids is 1.